The van der Waals surface area contributed by atoms with Gasteiger partial charge in [0, 0.05) is 25.7 Å². The summed E-state index contributed by atoms with van der Waals surface area (Å²) in [6, 6.07) is 1.10. The molecule has 0 bridgehead atoms. The predicted octanol–water partition coefficient (Wildman–Crippen LogP) is 1.91. The second kappa shape index (κ2) is 8.96. The van der Waals surface area contributed by atoms with Gasteiger partial charge in [-0.2, -0.15) is 0 Å². The maximum atomic E-state index is 4.27. The van der Waals surface area contributed by atoms with Gasteiger partial charge in [-0.1, -0.05) is 13.8 Å². The molecule has 18 heavy (non-hydrogen) atoms. The van der Waals surface area contributed by atoms with Gasteiger partial charge in [0.2, 0.25) is 0 Å². The zero-order chi connectivity index (χ0) is 12.8. The van der Waals surface area contributed by atoms with Crippen LogP contribution in [0.15, 0.2) is 4.99 Å². The van der Waals surface area contributed by atoms with Gasteiger partial charge in [0.1, 0.15) is 0 Å². The Morgan fingerprint density at radius 3 is 2.50 bits per heavy atom. The molecule has 5 heteroatoms. The Morgan fingerprint density at radius 1 is 1.39 bits per heavy atom. The molecule has 1 aliphatic rings. The highest BCUT2D eigenvalue weighted by Gasteiger charge is 2.20. The van der Waals surface area contributed by atoms with Gasteiger partial charge in [-0.25, -0.2) is 0 Å². The second-order valence-electron chi connectivity index (χ2n) is 5.41. The van der Waals surface area contributed by atoms with E-state index in [2.05, 4.69) is 48.3 Å². The molecule has 2 unspecified atom stereocenters. The lowest BCUT2D eigenvalue weighted by Gasteiger charge is -2.24. The van der Waals surface area contributed by atoms with E-state index < -0.39 is 0 Å². The van der Waals surface area contributed by atoms with Crippen molar-refractivity contribution in [1.82, 2.24) is 15.5 Å². The number of hydrogen-bond acceptors (Lipinski definition) is 2. The van der Waals surface area contributed by atoms with Crippen LogP contribution in [0.2, 0.25) is 0 Å². The number of halogens is 1. The van der Waals surface area contributed by atoms with Crippen LogP contribution >= 0.6 is 24.0 Å². The maximum absolute atomic E-state index is 4.27. The highest BCUT2D eigenvalue weighted by Crippen LogP contribution is 2.13. The predicted molar refractivity (Wildman–Crippen MR) is 89.9 cm³/mol. The average molecular weight is 368 g/mol. The van der Waals surface area contributed by atoms with E-state index >= 15 is 0 Å². The number of aliphatic imine (C=N–C) groups is 1. The average Bonchev–Trinajstić information content (AvgIpc) is 2.69. The van der Waals surface area contributed by atoms with Crippen LogP contribution in [0, 0.1) is 5.92 Å². The third kappa shape index (κ3) is 5.73. The van der Waals surface area contributed by atoms with Crippen molar-refractivity contribution in [1.29, 1.82) is 0 Å². The molecular formula is C13H29IN4. The van der Waals surface area contributed by atoms with Crippen molar-refractivity contribution in [2.24, 2.45) is 10.9 Å². The molecule has 1 fully saturated rings. The fourth-order valence-corrected chi connectivity index (χ4v) is 2.03. The van der Waals surface area contributed by atoms with E-state index in [-0.39, 0.29) is 24.0 Å². The molecule has 0 aromatic heterocycles. The summed E-state index contributed by atoms with van der Waals surface area (Å²) in [7, 11) is 4.03. The van der Waals surface area contributed by atoms with E-state index in [0.717, 1.165) is 12.5 Å². The molecule has 4 nitrogen and oxygen atoms in total. The van der Waals surface area contributed by atoms with E-state index in [1.165, 1.54) is 19.4 Å². The molecule has 1 heterocycles. The van der Waals surface area contributed by atoms with Gasteiger partial charge in [-0.3, -0.25) is 4.99 Å². The number of rotatable bonds is 4. The van der Waals surface area contributed by atoms with Gasteiger partial charge in [-0.15, -0.1) is 24.0 Å². The number of likely N-dealkylation sites (N-methyl/N-ethyl adjacent to an activating group) is 1. The number of nitrogens with zero attached hydrogens (tertiary/aromatic N) is 2. The molecule has 1 saturated heterocycles. The minimum Gasteiger partial charge on any atom is -0.355 e. The Bertz CT molecular complexity index is 255. The van der Waals surface area contributed by atoms with Gasteiger partial charge in [0.05, 0.1) is 0 Å². The number of likely N-dealkylation sites (tertiary alicyclic amines) is 1. The minimum absolute atomic E-state index is 0. The second-order valence-corrected chi connectivity index (χ2v) is 5.41. The minimum atomic E-state index is 0. The molecule has 1 aliphatic heterocycles. The third-order valence-electron chi connectivity index (χ3n) is 3.76. The molecule has 108 valence electrons. The summed E-state index contributed by atoms with van der Waals surface area (Å²) in [5.41, 5.74) is 0. The van der Waals surface area contributed by atoms with Crippen LogP contribution < -0.4 is 10.6 Å². The fourth-order valence-electron chi connectivity index (χ4n) is 2.03. The van der Waals surface area contributed by atoms with Gasteiger partial charge in [-0.05, 0) is 39.3 Å². The first-order valence-electron chi connectivity index (χ1n) is 6.72. The first kappa shape index (κ1) is 18.0. The van der Waals surface area contributed by atoms with Crippen molar-refractivity contribution in [3.8, 4) is 0 Å². The molecule has 2 N–H and O–H groups in total. The largest absolute Gasteiger partial charge is 0.355 e. The van der Waals surface area contributed by atoms with Crippen LogP contribution in [0.25, 0.3) is 0 Å². The number of guanidine groups is 1. The summed E-state index contributed by atoms with van der Waals surface area (Å²) in [5.74, 6) is 1.54. The lowest BCUT2D eigenvalue weighted by atomic mass is 10.1. The molecule has 0 aliphatic carbocycles. The normalized spacial score (nSPS) is 22.8. The van der Waals surface area contributed by atoms with Crippen LogP contribution in [0.5, 0.6) is 0 Å². The highest BCUT2D eigenvalue weighted by molar-refractivity contribution is 14.0. The van der Waals surface area contributed by atoms with Crippen molar-refractivity contribution < 1.29 is 0 Å². The smallest absolute Gasteiger partial charge is 0.191 e. The SMILES string of the molecule is CN=C(NCC1CCCN1C)NC(C)C(C)C.I. The monoisotopic (exact) mass is 368 g/mol. The summed E-state index contributed by atoms with van der Waals surface area (Å²) in [4.78, 5) is 6.70. The Hall–Kier alpha value is -0.0400. The summed E-state index contributed by atoms with van der Waals surface area (Å²) in [6.45, 7) is 8.84. The lowest BCUT2D eigenvalue weighted by molar-refractivity contribution is 0.309. The maximum Gasteiger partial charge on any atom is 0.191 e. The molecular weight excluding hydrogens is 339 g/mol. The third-order valence-corrected chi connectivity index (χ3v) is 3.76. The Labute approximate surface area is 129 Å². The van der Waals surface area contributed by atoms with Crippen LogP contribution in [-0.4, -0.2) is 50.1 Å². The first-order chi connectivity index (χ1) is 8.04. The standard InChI is InChI=1S/C13H28N4.HI/c1-10(2)11(3)16-13(14-4)15-9-12-7-6-8-17(12)5;/h10-12H,6-9H2,1-5H3,(H2,14,15,16);1H. The van der Waals surface area contributed by atoms with Crippen LogP contribution in [0.4, 0.5) is 0 Å². The summed E-state index contributed by atoms with van der Waals surface area (Å²) in [6.07, 6.45) is 2.61. The van der Waals surface area contributed by atoms with Crippen molar-refractivity contribution in [2.75, 3.05) is 27.2 Å². The summed E-state index contributed by atoms with van der Waals surface area (Å²) < 4.78 is 0. The lowest BCUT2D eigenvalue weighted by Crippen LogP contribution is -2.47. The van der Waals surface area contributed by atoms with Crippen LogP contribution in [-0.2, 0) is 0 Å². The van der Waals surface area contributed by atoms with Crippen molar-refractivity contribution in [3.05, 3.63) is 0 Å². The number of nitrogens with one attached hydrogen (secondary N) is 2. The van der Waals surface area contributed by atoms with Crippen molar-refractivity contribution in [2.45, 2.75) is 45.7 Å². The fraction of sp³-hybridized carbons (Fsp3) is 0.923. The molecule has 0 saturated carbocycles. The van der Waals surface area contributed by atoms with Crippen molar-refractivity contribution >= 4 is 29.9 Å². The molecule has 0 aromatic rings. The molecule has 1 rings (SSSR count). The van der Waals surface area contributed by atoms with Gasteiger partial charge in [0.15, 0.2) is 5.96 Å². The van der Waals surface area contributed by atoms with Crippen molar-refractivity contribution in [3.63, 3.8) is 0 Å². The molecule has 0 aromatic carbocycles. The number of hydrogen-bond donors (Lipinski definition) is 2. The quantitative estimate of drug-likeness (QED) is 0.453. The van der Waals surface area contributed by atoms with Crippen LogP contribution in [0.1, 0.15) is 33.6 Å². The van der Waals surface area contributed by atoms with E-state index in [9.17, 15) is 0 Å². The van der Waals surface area contributed by atoms with E-state index in [4.69, 9.17) is 0 Å². The van der Waals surface area contributed by atoms with E-state index in [0.29, 0.717) is 18.0 Å². The molecule has 0 radical (unpaired) electrons. The molecule has 2 atom stereocenters. The van der Waals surface area contributed by atoms with Crippen LogP contribution in [0.3, 0.4) is 0 Å². The Kier molecular flexibility index (Phi) is 8.94. The topological polar surface area (TPSA) is 39.7 Å². The Morgan fingerprint density at radius 2 is 2.06 bits per heavy atom. The summed E-state index contributed by atoms with van der Waals surface area (Å²) in [5, 5.41) is 6.85. The summed E-state index contributed by atoms with van der Waals surface area (Å²) >= 11 is 0. The Balaban J connectivity index is 0.00000289. The van der Waals surface area contributed by atoms with Gasteiger partial charge in [0.25, 0.3) is 0 Å². The zero-order valence-corrected chi connectivity index (χ0v) is 14.7. The zero-order valence-electron chi connectivity index (χ0n) is 12.4. The van der Waals surface area contributed by atoms with E-state index in [1.54, 1.807) is 0 Å². The van der Waals surface area contributed by atoms with Gasteiger partial charge >= 0.3 is 0 Å². The first-order valence-corrected chi connectivity index (χ1v) is 6.72. The molecule has 0 spiro atoms. The highest BCUT2D eigenvalue weighted by atomic mass is 127. The van der Waals surface area contributed by atoms with Gasteiger partial charge < -0.3 is 15.5 Å². The van der Waals surface area contributed by atoms with E-state index in [1.807, 2.05) is 7.05 Å². The molecule has 0 amide bonds.